The number of hydrogen-bond acceptors (Lipinski definition) is 11. The second-order valence-electron chi connectivity index (χ2n) is 15.3. The van der Waals surface area contributed by atoms with E-state index in [0.717, 1.165) is 30.5 Å². The standard InChI is InChI=1S/C42H61N7O6S/c1-7-8-17-38(51)48(22-13-12-14-32(44)26-49(45)34-15-10-9-11-16-34)36(28(2)3)24-37(55-29(4)50)40-47-35(27-56-40)39(52)46-33(25-42(5,6)41(53)54)23-30-18-20-31(43)21-19-30/h9-11,15-16,18-21,26-28,33,36-37H,7-8,12-14,17,22-25,43-45H2,1-6H3,(H,46,52)(H,53,54)/b32-26-. The van der Waals surface area contributed by atoms with Gasteiger partial charge in [-0.15, -0.1) is 11.3 Å². The number of nitrogens with two attached hydrogens (primary N) is 3. The van der Waals surface area contributed by atoms with Crippen LogP contribution < -0.4 is 27.6 Å². The largest absolute Gasteiger partial charge is 0.481 e. The van der Waals surface area contributed by atoms with Gasteiger partial charge in [0.1, 0.15) is 10.7 Å². The Morgan fingerprint density at radius 1 is 1.02 bits per heavy atom. The van der Waals surface area contributed by atoms with E-state index in [0.29, 0.717) is 48.6 Å². The molecule has 306 valence electrons. The number of unbranched alkanes of at least 4 members (excludes halogenated alkanes) is 2. The fourth-order valence-electron chi connectivity index (χ4n) is 6.47. The molecule has 8 N–H and O–H groups in total. The maximum atomic E-state index is 13.8. The molecule has 1 aromatic heterocycles. The third kappa shape index (κ3) is 14.6. The minimum Gasteiger partial charge on any atom is -0.481 e. The molecule has 3 rings (SSSR count). The van der Waals surface area contributed by atoms with Gasteiger partial charge in [0.05, 0.1) is 11.1 Å². The number of para-hydroxylation sites is 1. The van der Waals surface area contributed by atoms with E-state index in [2.05, 4.69) is 10.3 Å². The van der Waals surface area contributed by atoms with Crippen LogP contribution in [-0.4, -0.2) is 57.4 Å². The average Bonchev–Trinajstić information content (AvgIpc) is 3.64. The second-order valence-corrected chi connectivity index (χ2v) is 16.2. The third-order valence-corrected chi connectivity index (χ3v) is 10.6. The number of amides is 2. The van der Waals surface area contributed by atoms with Crippen LogP contribution in [0.5, 0.6) is 0 Å². The molecule has 0 saturated heterocycles. The summed E-state index contributed by atoms with van der Waals surface area (Å²) in [6.07, 6.45) is 5.79. The number of rotatable bonds is 23. The molecule has 56 heavy (non-hydrogen) atoms. The number of allylic oxidation sites excluding steroid dienone is 1. The zero-order chi connectivity index (χ0) is 41.4. The molecule has 0 saturated carbocycles. The Labute approximate surface area is 335 Å². The fraction of sp³-hybridized carbons (Fsp3) is 0.500. The van der Waals surface area contributed by atoms with Gasteiger partial charge in [-0.1, -0.05) is 57.5 Å². The molecule has 2 amide bonds. The van der Waals surface area contributed by atoms with Crippen LogP contribution in [-0.2, 0) is 25.5 Å². The molecular weight excluding hydrogens is 731 g/mol. The summed E-state index contributed by atoms with van der Waals surface area (Å²) in [4.78, 5) is 58.4. The number of ether oxygens (including phenoxy) is 1. The van der Waals surface area contributed by atoms with E-state index < -0.39 is 35.4 Å². The summed E-state index contributed by atoms with van der Waals surface area (Å²) in [6, 6.07) is 15.9. The van der Waals surface area contributed by atoms with Crippen LogP contribution in [0.25, 0.3) is 0 Å². The number of nitrogens with one attached hydrogen (secondary N) is 1. The molecule has 0 spiro atoms. The monoisotopic (exact) mass is 791 g/mol. The number of aliphatic carboxylic acids is 1. The minimum atomic E-state index is -1.11. The Bertz CT molecular complexity index is 1750. The Balaban J connectivity index is 1.79. The number of esters is 1. The molecule has 13 nitrogen and oxygen atoms in total. The Kier molecular flexibility index (Phi) is 17.8. The van der Waals surface area contributed by atoms with Crippen LogP contribution in [0.15, 0.2) is 71.9 Å². The molecular formula is C42H61N7O6S. The summed E-state index contributed by atoms with van der Waals surface area (Å²) in [7, 11) is 0. The maximum absolute atomic E-state index is 13.8. The van der Waals surface area contributed by atoms with Gasteiger partial charge >= 0.3 is 11.9 Å². The maximum Gasteiger partial charge on any atom is 0.309 e. The predicted molar refractivity (Wildman–Crippen MR) is 222 cm³/mol. The Hall–Kier alpha value is -4.95. The highest BCUT2D eigenvalue weighted by Gasteiger charge is 2.34. The molecule has 0 aliphatic carbocycles. The summed E-state index contributed by atoms with van der Waals surface area (Å²) in [5.41, 5.74) is 14.1. The molecule has 1 heterocycles. The van der Waals surface area contributed by atoms with Crippen molar-refractivity contribution in [2.75, 3.05) is 17.3 Å². The molecule has 0 aliphatic heterocycles. The van der Waals surface area contributed by atoms with Gasteiger partial charge in [-0.05, 0) is 88.1 Å². The number of carbonyl (C=O) groups excluding carboxylic acids is 3. The highest BCUT2D eigenvalue weighted by atomic mass is 32.1. The number of carboxylic acid groups (broad SMARTS) is 1. The normalized spacial score (nSPS) is 13.5. The van der Waals surface area contributed by atoms with Crippen molar-refractivity contribution in [1.29, 1.82) is 0 Å². The van der Waals surface area contributed by atoms with Crippen molar-refractivity contribution >= 4 is 46.5 Å². The van der Waals surface area contributed by atoms with E-state index in [9.17, 15) is 24.3 Å². The van der Waals surface area contributed by atoms with E-state index >= 15 is 0 Å². The molecule has 0 bridgehead atoms. The second kappa shape index (κ2) is 22.0. The third-order valence-electron chi connectivity index (χ3n) is 9.63. The summed E-state index contributed by atoms with van der Waals surface area (Å²) >= 11 is 1.20. The number of thiazole rings is 1. The van der Waals surface area contributed by atoms with E-state index in [1.807, 2.05) is 68.1 Å². The number of nitrogens with zero attached hydrogens (tertiary/aromatic N) is 3. The fourth-order valence-corrected chi connectivity index (χ4v) is 7.31. The Morgan fingerprint density at radius 3 is 2.30 bits per heavy atom. The highest BCUT2D eigenvalue weighted by Crippen LogP contribution is 2.32. The van der Waals surface area contributed by atoms with Crippen molar-refractivity contribution < 1.29 is 29.0 Å². The van der Waals surface area contributed by atoms with Crippen LogP contribution in [0.3, 0.4) is 0 Å². The highest BCUT2D eigenvalue weighted by molar-refractivity contribution is 7.09. The topological polar surface area (TPSA) is 207 Å². The lowest BCUT2D eigenvalue weighted by molar-refractivity contribution is -0.149. The first-order valence-electron chi connectivity index (χ1n) is 19.4. The van der Waals surface area contributed by atoms with Crippen LogP contribution in [0.2, 0.25) is 0 Å². The van der Waals surface area contributed by atoms with Gasteiger partial charge in [0.15, 0.2) is 6.10 Å². The molecule has 3 unspecified atom stereocenters. The average molecular weight is 792 g/mol. The summed E-state index contributed by atoms with van der Waals surface area (Å²) in [6.45, 7) is 11.2. The number of carbonyl (C=O) groups is 4. The van der Waals surface area contributed by atoms with Gasteiger partial charge in [-0.3, -0.25) is 24.2 Å². The number of nitrogen functional groups attached to an aromatic ring is 1. The van der Waals surface area contributed by atoms with E-state index in [4.69, 9.17) is 22.0 Å². The quantitative estimate of drug-likeness (QED) is 0.0218. The van der Waals surface area contributed by atoms with Gasteiger partial charge in [0.25, 0.3) is 5.91 Å². The first kappa shape index (κ1) is 45.4. The van der Waals surface area contributed by atoms with Gasteiger partial charge in [-0.25, -0.2) is 10.8 Å². The molecule has 3 aromatic rings. The van der Waals surface area contributed by atoms with Gasteiger partial charge in [-0.2, -0.15) is 0 Å². The van der Waals surface area contributed by atoms with Crippen LogP contribution in [0.4, 0.5) is 11.4 Å². The van der Waals surface area contributed by atoms with Crippen molar-refractivity contribution in [3.8, 4) is 0 Å². The lowest BCUT2D eigenvalue weighted by atomic mass is 9.84. The lowest BCUT2D eigenvalue weighted by Gasteiger charge is -2.36. The smallest absolute Gasteiger partial charge is 0.309 e. The molecule has 2 aromatic carbocycles. The van der Waals surface area contributed by atoms with Crippen molar-refractivity contribution in [1.82, 2.24) is 15.2 Å². The van der Waals surface area contributed by atoms with Gasteiger partial charge in [0, 0.05) is 61.4 Å². The number of hydrogen-bond donors (Lipinski definition) is 5. The number of aromatic nitrogens is 1. The van der Waals surface area contributed by atoms with Crippen molar-refractivity contribution in [3.05, 3.63) is 88.1 Å². The first-order valence-corrected chi connectivity index (χ1v) is 20.2. The molecule has 3 atom stereocenters. The lowest BCUT2D eigenvalue weighted by Crippen LogP contribution is -2.45. The molecule has 0 radical (unpaired) electrons. The first-order chi connectivity index (χ1) is 26.5. The molecule has 14 heteroatoms. The summed E-state index contributed by atoms with van der Waals surface area (Å²) in [5.74, 6) is 4.27. The zero-order valence-electron chi connectivity index (χ0n) is 33.7. The van der Waals surface area contributed by atoms with Gasteiger partial charge < -0.3 is 31.5 Å². The van der Waals surface area contributed by atoms with Crippen LogP contribution in [0, 0.1) is 11.3 Å². The minimum absolute atomic E-state index is 0.00897. The van der Waals surface area contributed by atoms with E-state index in [1.165, 1.54) is 23.3 Å². The Morgan fingerprint density at radius 2 is 1.70 bits per heavy atom. The number of carboxylic acids is 1. The molecule has 0 fully saturated rings. The SMILES string of the molecule is CCCCC(=O)N(CCCC/C(N)=C/N(N)c1ccccc1)C(CC(OC(C)=O)c1nc(C(=O)NC(Cc2ccc(N)cc2)CC(C)(C)C(=O)O)cs1)C(C)C. The predicted octanol–water partition coefficient (Wildman–Crippen LogP) is 6.96. The van der Waals surface area contributed by atoms with E-state index in [1.54, 1.807) is 37.6 Å². The number of hydrazine groups is 1. The number of benzene rings is 2. The van der Waals surface area contributed by atoms with Gasteiger partial charge in [0.2, 0.25) is 5.91 Å². The number of anilines is 2. The summed E-state index contributed by atoms with van der Waals surface area (Å²) < 4.78 is 5.84. The summed E-state index contributed by atoms with van der Waals surface area (Å²) in [5, 5.41) is 16.4. The zero-order valence-corrected chi connectivity index (χ0v) is 34.5. The van der Waals surface area contributed by atoms with Crippen LogP contribution >= 0.6 is 11.3 Å². The molecule has 0 aliphatic rings. The van der Waals surface area contributed by atoms with Crippen LogP contribution in [0.1, 0.15) is 120 Å². The van der Waals surface area contributed by atoms with Crippen molar-refractivity contribution in [2.24, 2.45) is 22.9 Å². The van der Waals surface area contributed by atoms with E-state index in [-0.39, 0.29) is 36.4 Å². The van der Waals surface area contributed by atoms with Crippen molar-refractivity contribution in [3.63, 3.8) is 0 Å². The van der Waals surface area contributed by atoms with Crippen molar-refractivity contribution in [2.45, 2.75) is 118 Å².